The van der Waals surface area contributed by atoms with Crippen molar-refractivity contribution in [2.75, 3.05) is 19.7 Å². The number of carboxylic acids is 1. The zero-order valence-corrected chi connectivity index (χ0v) is 12.3. The number of carbonyl (C=O) groups excluding carboxylic acids is 1. The van der Waals surface area contributed by atoms with Gasteiger partial charge >= 0.3 is 12.1 Å². The molecule has 1 aliphatic carbocycles. The Balaban J connectivity index is 1.99. The van der Waals surface area contributed by atoms with Crippen LogP contribution in [0.15, 0.2) is 0 Å². The van der Waals surface area contributed by atoms with Crippen LogP contribution in [0.5, 0.6) is 0 Å². The van der Waals surface area contributed by atoms with Crippen molar-refractivity contribution < 1.29 is 24.2 Å². The first-order valence-corrected chi connectivity index (χ1v) is 7.05. The van der Waals surface area contributed by atoms with E-state index >= 15 is 0 Å². The van der Waals surface area contributed by atoms with E-state index in [2.05, 4.69) is 0 Å². The molecule has 2 atom stereocenters. The molecule has 6 nitrogen and oxygen atoms in total. The summed E-state index contributed by atoms with van der Waals surface area (Å²) in [6.07, 6.45) is 1.42. The Labute approximate surface area is 119 Å². The summed E-state index contributed by atoms with van der Waals surface area (Å²) in [6, 6.07) is 0. The molecule has 2 aliphatic rings. The molecule has 0 aromatic carbocycles. The molecule has 1 saturated heterocycles. The van der Waals surface area contributed by atoms with Crippen molar-refractivity contribution >= 4 is 12.1 Å². The normalized spacial score (nSPS) is 30.6. The van der Waals surface area contributed by atoms with Gasteiger partial charge in [0, 0.05) is 6.54 Å². The van der Waals surface area contributed by atoms with E-state index in [4.69, 9.17) is 14.6 Å². The maximum Gasteiger partial charge on any atom is 0.410 e. The van der Waals surface area contributed by atoms with E-state index in [0.717, 1.165) is 0 Å². The first-order valence-electron chi connectivity index (χ1n) is 7.05. The number of ether oxygens (including phenoxy) is 2. The highest BCUT2D eigenvalue weighted by atomic mass is 16.6. The molecule has 1 amide bonds. The van der Waals surface area contributed by atoms with Crippen LogP contribution >= 0.6 is 0 Å². The van der Waals surface area contributed by atoms with Crippen LogP contribution in [-0.4, -0.2) is 53.0 Å². The minimum absolute atomic E-state index is 0.348. The van der Waals surface area contributed by atoms with Crippen LogP contribution in [0.25, 0.3) is 0 Å². The molecule has 1 saturated carbocycles. The maximum atomic E-state index is 12.1. The van der Waals surface area contributed by atoms with Crippen molar-refractivity contribution in [2.45, 2.75) is 51.2 Å². The molecule has 2 fully saturated rings. The Morgan fingerprint density at radius 3 is 2.65 bits per heavy atom. The summed E-state index contributed by atoms with van der Waals surface area (Å²) < 4.78 is 11.2. The SMILES string of the molecule is CC(C)(C)OC(=O)N1CCO[C@@]2(CC[C@@H](C(=O)O)C2)C1. The minimum atomic E-state index is -0.778. The van der Waals surface area contributed by atoms with Crippen LogP contribution in [0.2, 0.25) is 0 Å². The van der Waals surface area contributed by atoms with Crippen LogP contribution in [-0.2, 0) is 14.3 Å². The molecule has 0 unspecified atom stereocenters. The van der Waals surface area contributed by atoms with Crippen LogP contribution in [0.1, 0.15) is 40.0 Å². The highest BCUT2D eigenvalue weighted by Crippen LogP contribution is 2.40. The summed E-state index contributed by atoms with van der Waals surface area (Å²) in [4.78, 5) is 24.8. The molecule has 0 aromatic heterocycles. The third-order valence-electron chi connectivity index (χ3n) is 3.82. The molecular weight excluding hydrogens is 262 g/mol. The summed E-state index contributed by atoms with van der Waals surface area (Å²) in [5.41, 5.74) is -1.03. The van der Waals surface area contributed by atoms with Gasteiger partial charge in [0.25, 0.3) is 0 Å². The summed E-state index contributed by atoms with van der Waals surface area (Å²) in [5.74, 6) is -1.14. The number of hydrogen-bond acceptors (Lipinski definition) is 4. The smallest absolute Gasteiger partial charge is 0.410 e. The minimum Gasteiger partial charge on any atom is -0.481 e. The van der Waals surface area contributed by atoms with Crippen molar-refractivity contribution in [3.63, 3.8) is 0 Å². The maximum absolute atomic E-state index is 12.1. The number of hydrogen-bond donors (Lipinski definition) is 1. The molecule has 1 aliphatic heterocycles. The van der Waals surface area contributed by atoms with Gasteiger partial charge < -0.3 is 19.5 Å². The average molecular weight is 285 g/mol. The van der Waals surface area contributed by atoms with Crippen LogP contribution in [0.4, 0.5) is 4.79 Å². The second-order valence-corrected chi connectivity index (χ2v) is 6.71. The fraction of sp³-hybridized carbons (Fsp3) is 0.857. The number of rotatable bonds is 1. The summed E-state index contributed by atoms with van der Waals surface area (Å²) >= 11 is 0. The highest BCUT2D eigenvalue weighted by molar-refractivity contribution is 5.71. The van der Waals surface area contributed by atoms with Crippen molar-refractivity contribution in [3.05, 3.63) is 0 Å². The fourth-order valence-electron chi connectivity index (χ4n) is 2.90. The molecule has 0 bridgehead atoms. The van der Waals surface area contributed by atoms with E-state index in [1.165, 1.54) is 0 Å². The van der Waals surface area contributed by atoms with Crippen LogP contribution in [0.3, 0.4) is 0 Å². The fourth-order valence-corrected chi connectivity index (χ4v) is 2.90. The molecular formula is C14H23NO5. The van der Waals surface area contributed by atoms with E-state index < -0.39 is 17.2 Å². The Bertz CT molecular complexity index is 403. The summed E-state index contributed by atoms with van der Waals surface area (Å²) in [7, 11) is 0. The van der Waals surface area contributed by atoms with Gasteiger partial charge in [0.1, 0.15) is 5.60 Å². The predicted molar refractivity (Wildman–Crippen MR) is 71.5 cm³/mol. The molecule has 114 valence electrons. The Morgan fingerprint density at radius 1 is 1.40 bits per heavy atom. The van der Waals surface area contributed by atoms with Crippen molar-refractivity contribution in [1.29, 1.82) is 0 Å². The van der Waals surface area contributed by atoms with Gasteiger partial charge in [-0.25, -0.2) is 4.79 Å². The van der Waals surface area contributed by atoms with Gasteiger partial charge in [0.15, 0.2) is 0 Å². The van der Waals surface area contributed by atoms with Gasteiger partial charge in [-0.1, -0.05) is 0 Å². The molecule has 1 heterocycles. The van der Waals surface area contributed by atoms with E-state index in [1.807, 2.05) is 20.8 Å². The standard InChI is InChI=1S/C14H23NO5/c1-13(2,3)20-12(18)15-6-7-19-14(9-15)5-4-10(8-14)11(16)17/h10H,4-9H2,1-3H3,(H,16,17)/t10-,14-/m1/s1. The van der Waals surface area contributed by atoms with Crippen molar-refractivity contribution in [1.82, 2.24) is 4.90 Å². The van der Waals surface area contributed by atoms with E-state index in [9.17, 15) is 9.59 Å². The van der Waals surface area contributed by atoms with Crippen molar-refractivity contribution in [2.24, 2.45) is 5.92 Å². The number of amides is 1. The number of nitrogens with zero attached hydrogens (tertiary/aromatic N) is 1. The van der Waals surface area contributed by atoms with Gasteiger partial charge in [-0.15, -0.1) is 0 Å². The van der Waals surface area contributed by atoms with Gasteiger partial charge in [0.05, 0.1) is 24.7 Å². The Kier molecular flexibility index (Phi) is 3.95. The molecule has 1 spiro atoms. The quantitative estimate of drug-likeness (QED) is 0.796. The number of carboxylic acid groups (broad SMARTS) is 1. The number of morpholine rings is 1. The van der Waals surface area contributed by atoms with Gasteiger partial charge in [0.2, 0.25) is 0 Å². The van der Waals surface area contributed by atoms with Gasteiger partial charge in [-0.2, -0.15) is 0 Å². The second-order valence-electron chi connectivity index (χ2n) is 6.71. The lowest BCUT2D eigenvalue weighted by Gasteiger charge is -2.40. The largest absolute Gasteiger partial charge is 0.481 e. The van der Waals surface area contributed by atoms with Crippen LogP contribution < -0.4 is 0 Å². The van der Waals surface area contributed by atoms with E-state index in [-0.39, 0.29) is 12.0 Å². The van der Waals surface area contributed by atoms with Crippen LogP contribution in [0, 0.1) is 5.92 Å². The third-order valence-corrected chi connectivity index (χ3v) is 3.82. The molecule has 1 N–H and O–H groups in total. The van der Waals surface area contributed by atoms with E-state index in [1.54, 1.807) is 4.90 Å². The Hall–Kier alpha value is -1.30. The first-order chi connectivity index (χ1) is 9.21. The lowest BCUT2D eigenvalue weighted by atomic mass is 9.98. The van der Waals surface area contributed by atoms with Gasteiger partial charge in [-0.05, 0) is 40.0 Å². The summed E-state index contributed by atoms with van der Waals surface area (Å²) in [6.45, 7) is 6.84. The lowest BCUT2D eigenvalue weighted by Crippen LogP contribution is -2.53. The third kappa shape index (κ3) is 3.42. The monoisotopic (exact) mass is 285 g/mol. The first kappa shape index (κ1) is 15.1. The molecule has 6 heteroatoms. The summed E-state index contributed by atoms with van der Waals surface area (Å²) in [5, 5.41) is 9.09. The lowest BCUT2D eigenvalue weighted by molar-refractivity contribution is -0.143. The number of aliphatic carboxylic acids is 1. The zero-order chi connectivity index (χ0) is 15.0. The topological polar surface area (TPSA) is 76.1 Å². The second kappa shape index (κ2) is 5.24. The molecule has 2 rings (SSSR count). The van der Waals surface area contributed by atoms with Crippen molar-refractivity contribution in [3.8, 4) is 0 Å². The molecule has 0 radical (unpaired) electrons. The zero-order valence-electron chi connectivity index (χ0n) is 12.3. The Morgan fingerprint density at radius 2 is 2.10 bits per heavy atom. The number of carbonyl (C=O) groups is 2. The molecule has 20 heavy (non-hydrogen) atoms. The predicted octanol–water partition coefficient (Wildman–Crippen LogP) is 1.88. The average Bonchev–Trinajstić information content (AvgIpc) is 2.71. The highest BCUT2D eigenvalue weighted by Gasteiger charge is 2.47. The van der Waals surface area contributed by atoms with Gasteiger partial charge in [-0.3, -0.25) is 4.79 Å². The molecule has 0 aromatic rings. The van der Waals surface area contributed by atoms with E-state index in [0.29, 0.717) is 39.0 Å².